The Balaban J connectivity index is 1.76. The molecule has 2 atom stereocenters. The Labute approximate surface area is 93.0 Å². The van der Waals surface area contributed by atoms with Gasteiger partial charge in [-0.3, -0.25) is 0 Å². The first-order valence-corrected chi connectivity index (χ1v) is 6.43. The molecule has 0 bridgehead atoms. The standard InChI is InChI=1S/C13H22N2/c1-2-6-13(7-8-13)10-15-12-5-3-4-11(12)9-14/h11-12,15H,2-8,10H2,1H3. The molecule has 0 aromatic rings. The van der Waals surface area contributed by atoms with Crippen molar-refractivity contribution in [1.29, 1.82) is 5.26 Å². The predicted molar refractivity (Wildman–Crippen MR) is 61.3 cm³/mol. The summed E-state index contributed by atoms with van der Waals surface area (Å²) in [7, 11) is 0. The summed E-state index contributed by atoms with van der Waals surface area (Å²) in [6.07, 6.45) is 9.01. The molecule has 0 radical (unpaired) electrons. The Kier molecular flexibility index (Phi) is 3.31. The van der Waals surface area contributed by atoms with Crippen LogP contribution >= 0.6 is 0 Å². The molecule has 0 amide bonds. The molecule has 2 unspecified atom stereocenters. The lowest BCUT2D eigenvalue weighted by molar-refractivity contribution is 0.368. The van der Waals surface area contributed by atoms with Gasteiger partial charge in [-0.2, -0.15) is 5.26 Å². The molecule has 2 nitrogen and oxygen atoms in total. The van der Waals surface area contributed by atoms with Gasteiger partial charge in [0.05, 0.1) is 12.0 Å². The van der Waals surface area contributed by atoms with Crippen LogP contribution in [0, 0.1) is 22.7 Å². The number of hydrogen-bond donors (Lipinski definition) is 1. The van der Waals surface area contributed by atoms with Crippen LogP contribution in [0.4, 0.5) is 0 Å². The van der Waals surface area contributed by atoms with Crippen molar-refractivity contribution in [2.45, 2.75) is 57.9 Å². The smallest absolute Gasteiger partial charge is 0.0672 e. The molecule has 2 saturated carbocycles. The highest BCUT2D eigenvalue weighted by Crippen LogP contribution is 2.49. The fourth-order valence-corrected chi connectivity index (χ4v) is 2.93. The van der Waals surface area contributed by atoms with Crippen LogP contribution in [-0.2, 0) is 0 Å². The highest BCUT2D eigenvalue weighted by molar-refractivity contribution is 5.00. The Morgan fingerprint density at radius 3 is 2.80 bits per heavy atom. The van der Waals surface area contributed by atoms with Crippen LogP contribution in [0.1, 0.15) is 51.9 Å². The maximum absolute atomic E-state index is 8.99. The highest BCUT2D eigenvalue weighted by atomic mass is 14.9. The van der Waals surface area contributed by atoms with Gasteiger partial charge >= 0.3 is 0 Å². The third-order valence-corrected chi connectivity index (χ3v) is 4.16. The van der Waals surface area contributed by atoms with Gasteiger partial charge in [-0.15, -0.1) is 0 Å². The summed E-state index contributed by atoms with van der Waals surface area (Å²) in [5.74, 6) is 0.280. The lowest BCUT2D eigenvalue weighted by Gasteiger charge is -2.20. The molecule has 2 heteroatoms. The molecule has 15 heavy (non-hydrogen) atoms. The average molecular weight is 206 g/mol. The zero-order valence-electron chi connectivity index (χ0n) is 9.76. The number of nitrogens with zero attached hydrogens (tertiary/aromatic N) is 1. The third kappa shape index (κ3) is 2.52. The van der Waals surface area contributed by atoms with Crippen molar-refractivity contribution < 1.29 is 0 Å². The van der Waals surface area contributed by atoms with Crippen LogP contribution in [0.3, 0.4) is 0 Å². The SMILES string of the molecule is CCCC1(CNC2CCCC2C#N)CC1. The van der Waals surface area contributed by atoms with Crippen molar-refractivity contribution in [1.82, 2.24) is 5.32 Å². The molecule has 1 N–H and O–H groups in total. The molecule has 2 rings (SSSR count). The maximum Gasteiger partial charge on any atom is 0.0672 e. The van der Waals surface area contributed by atoms with E-state index in [1.54, 1.807) is 0 Å². The largest absolute Gasteiger partial charge is 0.312 e. The molecular formula is C13H22N2. The number of nitriles is 1. The summed E-state index contributed by atoms with van der Waals surface area (Å²) >= 11 is 0. The number of nitrogens with one attached hydrogen (secondary N) is 1. The first kappa shape index (κ1) is 11.0. The van der Waals surface area contributed by atoms with E-state index in [0.29, 0.717) is 11.5 Å². The second-order valence-corrected chi connectivity index (χ2v) is 5.40. The Morgan fingerprint density at radius 1 is 1.40 bits per heavy atom. The lowest BCUT2D eigenvalue weighted by atomic mass is 9.99. The Hall–Kier alpha value is -0.550. The van der Waals surface area contributed by atoms with Gasteiger partial charge in [0.15, 0.2) is 0 Å². The normalized spacial score (nSPS) is 32.5. The van der Waals surface area contributed by atoms with Gasteiger partial charge in [0.25, 0.3) is 0 Å². The van der Waals surface area contributed by atoms with E-state index >= 15 is 0 Å². The molecule has 0 aliphatic heterocycles. The minimum Gasteiger partial charge on any atom is -0.312 e. The monoisotopic (exact) mass is 206 g/mol. The van der Waals surface area contributed by atoms with E-state index in [9.17, 15) is 0 Å². The van der Waals surface area contributed by atoms with E-state index in [2.05, 4.69) is 18.3 Å². The molecule has 0 heterocycles. The number of hydrogen-bond acceptors (Lipinski definition) is 2. The number of rotatable bonds is 5. The molecular weight excluding hydrogens is 184 g/mol. The molecule has 2 aliphatic carbocycles. The molecule has 2 aliphatic rings. The van der Waals surface area contributed by atoms with Crippen molar-refractivity contribution in [3.63, 3.8) is 0 Å². The van der Waals surface area contributed by atoms with Gasteiger partial charge in [0.1, 0.15) is 0 Å². The summed E-state index contributed by atoms with van der Waals surface area (Å²) in [4.78, 5) is 0. The minimum atomic E-state index is 0.280. The van der Waals surface area contributed by atoms with Gasteiger partial charge < -0.3 is 5.32 Å². The van der Waals surface area contributed by atoms with Gasteiger partial charge in [0, 0.05) is 12.6 Å². The van der Waals surface area contributed by atoms with Crippen LogP contribution in [0.25, 0.3) is 0 Å². The van der Waals surface area contributed by atoms with E-state index in [1.165, 1.54) is 38.5 Å². The molecule has 0 aromatic carbocycles. The van der Waals surface area contributed by atoms with Crippen LogP contribution in [0.2, 0.25) is 0 Å². The minimum absolute atomic E-state index is 0.280. The topological polar surface area (TPSA) is 35.8 Å². The summed E-state index contributed by atoms with van der Waals surface area (Å²) in [5, 5.41) is 12.6. The van der Waals surface area contributed by atoms with Crippen molar-refractivity contribution >= 4 is 0 Å². The predicted octanol–water partition coefficient (Wildman–Crippen LogP) is 2.85. The quantitative estimate of drug-likeness (QED) is 0.750. The summed E-state index contributed by atoms with van der Waals surface area (Å²) in [6.45, 7) is 3.43. The van der Waals surface area contributed by atoms with E-state index in [1.807, 2.05) is 0 Å². The van der Waals surface area contributed by atoms with Crippen LogP contribution < -0.4 is 5.32 Å². The van der Waals surface area contributed by atoms with Gasteiger partial charge in [-0.25, -0.2) is 0 Å². The van der Waals surface area contributed by atoms with E-state index in [-0.39, 0.29) is 5.92 Å². The maximum atomic E-state index is 8.99. The summed E-state index contributed by atoms with van der Waals surface area (Å²) in [5.41, 5.74) is 0.622. The summed E-state index contributed by atoms with van der Waals surface area (Å²) < 4.78 is 0. The van der Waals surface area contributed by atoms with E-state index < -0.39 is 0 Å². The lowest BCUT2D eigenvalue weighted by Crippen LogP contribution is -2.36. The fraction of sp³-hybridized carbons (Fsp3) is 0.923. The zero-order valence-corrected chi connectivity index (χ0v) is 9.76. The van der Waals surface area contributed by atoms with Crippen molar-refractivity contribution in [2.75, 3.05) is 6.54 Å². The first-order valence-electron chi connectivity index (χ1n) is 6.43. The average Bonchev–Trinajstić information content (AvgIpc) is 2.86. The van der Waals surface area contributed by atoms with Gasteiger partial charge in [-0.1, -0.05) is 19.8 Å². The fourth-order valence-electron chi connectivity index (χ4n) is 2.93. The van der Waals surface area contributed by atoms with Crippen LogP contribution in [-0.4, -0.2) is 12.6 Å². The molecule has 0 aromatic heterocycles. The van der Waals surface area contributed by atoms with Gasteiger partial charge in [-0.05, 0) is 37.5 Å². The first-order chi connectivity index (χ1) is 7.29. The van der Waals surface area contributed by atoms with E-state index in [0.717, 1.165) is 13.0 Å². The Morgan fingerprint density at radius 2 is 2.20 bits per heavy atom. The van der Waals surface area contributed by atoms with E-state index in [4.69, 9.17) is 5.26 Å². The van der Waals surface area contributed by atoms with Gasteiger partial charge in [0.2, 0.25) is 0 Å². The Bertz CT molecular complexity index is 250. The molecule has 0 saturated heterocycles. The second-order valence-electron chi connectivity index (χ2n) is 5.40. The van der Waals surface area contributed by atoms with Crippen LogP contribution in [0.15, 0.2) is 0 Å². The van der Waals surface area contributed by atoms with Crippen LogP contribution in [0.5, 0.6) is 0 Å². The molecule has 84 valence electrons. The van der Waals surface area contributed by atoms with Crippen molar-refractivity contribution in [3.8, 4) is 6.07 Å². The zero-order chi connectivity index (χ0) is 10.7. The molecule has 2 fully saturated rings. The second kappa shape index (κ2) is 4.53. The highest BCUT2D eigenvalue weighted by Gasteiger charge is 2.42. The molecule has 0 spiro atoms. The summed E-state index contributed by atoms with van der Waals surface area (Å²) in [6, 6.07) is 2.93. The third-order valence-electron chi connectivity index (χ3n) is 4.16. The van der Waals surface area contributed by atoms with Crippen molar-refractivity contribution in [2.24, 2.45) is 11.3 Å². The van der Waals surface area contributed by atoms with Crippen molar-refractivity contribution in [3.05, 3.63) is 0 Å².